The minimum Gasteiger partial charge on any atom is -0.458 e. The number of carbonyl (C=O) groups excluding carboxylic acids is 1. The van der Waals surface area contributed by atoms with Crippen LogP contribution >= 0.6 is 0 Å². The van der Waals surface area contributed by atoms with Crippen molar-refractivity contribution >= 4 is 5.97 Å². The summed E-state index contributed by atoms with van der Waals surface area (Å²) in [7, 11) is 0. The van der Waals surface area contributed by atoms with Crippen LogP contribution in [0.25, 0.3) is 0 Å². The van der Waals surface area contributed by atoms with Gasteiger partial charge in [0.05, 0.1) is 6.10 Å². The highest BCUT2D eigenvalue weighted by molar-refractivity contribution is 5.84. The van der Waals surface area contributed by atoms with Gasteiger partial charge < -0.3 is 9.84 Å². The van der Waals surface area contributed by atoms with E-state index >= 15 is 0 Å². The SMILES string of the molecule is O=C1C=C(C(F)(F)F)C2CCC(O)CC2O1. The number of esters is 1. The Morgan fingerprint density at radius 1 is 1.38 bits per heavy atom. The van der Waals surface area contributed by atoms with E-state index in [1.165, 1.54) is 0 Å². The van der Waals surface area contributed by atoms with Crippen molar-refractivity contribution in [3.05, 3.63) is 11.6 Å². The van der Waals surface area contributed by atoms with E-state index in [2.05, 4.69) is 0 Å². The lowest BCUT2D eigenvalue weighted by molar-refractivity contribution is -0.159. The zero-order valence-electron chi connectivity index (χ0n) is 8.33. The molecule has 90 valence electrons. The molecule has 0 saturated heterocycles. The van der Waals surface area contributed by atoms with E-state index in [0.29, 0.717) is 12.5 Å². The first-order chi connectivity index (χ1) is 7.38. The molecule has 3 nitrogen and oxygen atoms in total. The lowest BCUT2D eigenvalue weighted by Crippen LogP contribution is -2.42. The molecular formula is C10H11F3O3. The van der Waals surface area contributed by atoms with Gasteiger partial charge in [-0.05, 0) is 12.8 Å². The van der Waals surface area contributed by atoms with Gasteiger partial charge in [-0.3, -0.25) is 0 Å². The molecule has 3 unspecified atom stereocenters. The van der Waals surface area contributed by atoms with Crippen molar-refractivity contribution in [1.29, 1.82) is 0 Å². The topological polar surface area (TPSA) is 46.5 Å². The molecule has 2 aliphatic rings. The number of aliphatic hydroxyl groups excluding tert-OH is 1. The summed E-state index contributed by atoms with van der Waals surface area (Å²) in [5.41, 5.74) is -0.819. The van der Waals surface area contributed by atoms with Gasteiger partial charge in [-0.15, -0.1) is 0 Å². The highest BCUT2D eigenvalue weighted by atomic mass is 19.4. The number of alkyl halides is 3. The summed E-state index contributed by atoms with van der Waals surface area (Å²) in [5, 5.41) is 9.33. The van der Waals surface area contributed by atoms with Crippen LogP contribution in [0, 0.1) is 5.92 Å². The van der Waals surface area contributed by atoms with Gasteiger partial charge in [-0.1, -0.05) is 0 Å². The third kappa shape index (κ3) is 2.07. The Labute approximate surface area is 89.9 Å². The second-order valence-corrected chi connectivity index (χ2v) is 4.15. The molecule has 1 aliphatic carbocycles. The van der Waals surface area contributed by atoms with Gasteiger partial charge in [0.2, 0.25) is 0 Å². The summed E-state index contributed by atoms with van der Waals surface area (Å²) in [6, 6.07) is 0. The Balaban J connectivity index is 2.27. The van der Waals surface area contributed by atoms with Gasteiger partial charge in [0.1, 0.15) is 6.10 Å². The number of halogens is 3. The predicted molar refractivity (Wildman–Crippen MR) is 47.4 cm³/mol. The molecule has 0 aromatic carbocycles. The fourth-order valence-corrected chi connectivity index (χ4v) is 2.30. The van der Waals surface area contributed by atoms with Crippen LogP contribution in [0.3, 0.4) is 0 Å². The first-order valence-electron chi connectivity index (χ1n) is 5.05. The van der Waals surface area contributed by atoms with Crippen molar-refractivity contribution in [3.8, 4) is 0 Å². The molecule has 0 aromatic rings. The van der Waals surface area contributed by atoms with E-state index in [0.717, 1.165) is 0 Å². The van der Waals surface area contributed by atoms with E-state index in [9.17, 15) is 23.1 Å². The van der Waals surface area contributed by atoms with Crippen LogP contribution in [0.15, 0.2) is 11.6 Å². The second-order valence-electron chi connectivity index (χ2n) is 4.15. The summed E-state index contributed by atoms with van der Waals surface area (Å²) in [5.74, 6) is -1.79. The Morgan fingerprint density at radius 3 is 2.69 bits per heavy atom. The van der Waals surface area contributed by atoms with Crippen molar-refractivity contribution in [1.82, 2.24) is 0 Å². The number of fused-ring (bicyclic) bond motifs is 1. The molecule has 16 heavy (non-hydrogen) atoms. The quantitative estimate of drug-likeness (QED) is 0.649. The number of ether oxygens (including phenoxy) is 1. The molecule has 0 spiro atoms. The smallest absolute Gasteiger partial charge is 0.413 e. The fourth-order valence-electron chi connectivity index (χ4n) is 2.30. The van der Waals surface area contributed by atoms with Crippen molar-refractivity contribution in [3.63, 3.8) is 0 Å². The Kier molecular flexibility index (Phi) is 2.69. The van der Waals surface area contributed by atoms with Crippen LogP contribution in [-0.2, 0) is 9.53 Å². The molecule has 0 aromatic heterocycles. The molecule has 1 N–H and O–H groups in total. The van der Waals surface area contributed by atoms with E-state index in [1.807, 2.05) is 0 Å². The van der Waals surface area contributed by atoms with Gasteiger partial charge in [0.25, 0.3) is 0 Å². The zero-order valence-corrected chi connectivity index (χ0v) is 8.33. The van der Waals surface area contributed by atoms with Gasteiger partial charge in [-0.2, -0.15) is 13.2 Å². The average Bonchev–Trinajstić information content (AvgIpc) is 2.14. The summed E-state index contributed by atoms with van der Waals surface area (Å²) in [4.78, 5) is 11.0. The van der Waals surface area contributed by atoms with E-state index < -0.39 is 35.8 Å². The highest BCUT2D eigenvalue weighted by Crippen LogP contribution is 2.42. The van der Waals surface area contributed by atoms with E-state index in [1.54, 1.807) is 0 Å². The number of carbonyl (C=O) groups is 1. The summed E-state index contributed by atoms with van der Waals surface area (Å²) < 4.78 is 42.7. The number of rotatable bonds is 0. The molecular weight excluding hydrogens is 225 g/mol. The van der Waals surface area contributed by atoms with Crippen LogP contribution < -0.4 is 0 Å². The van der Waals surface area contributed by atoms with E-state index in [4.69, 9.17) is 4.74 Å². The predicted octanol–water partition coefficient (Wildman–Crippen LogP) is 1.56. The lowest BCUT2D eigenvalue weighted by atomic mass is 9.78. The van der Waals surface area contributed by atoms with Crippen molar-refractivity contribution in [2.75, 3.05) is 0 Å². The molecule has 0 amide bonds. The number of aliphatic hydroxyl groups is 1. The Bertz CT molecular complexity index is 335. The fraction of sp³-hybridized carbons (Fsp3) is 0.700. The highest BCUT2D eigenvalue weighted by Gasteiger charge is 2.47. The third-order valence-corrected chi connectivity index (χ3v) is 3.03. The largest absolute Gasteiger partial charge is 0.458 e. The molecule has 0 bridgehead atoms. The van der Waals surface area contributed by atoms with Crippen molar-refractivity contribution in [2.45, 2.75) is 37.6 Å². The monoisotopic (exact) mass is 236 g/mol. The third-order valence-electron chi connectivity index (χ3n) is 3.03. The zero-order chi connectivity index (χ0) is 11.9. The maximum atomic E-state index is 12.6. The van der Waals surface area contributed by atoms with Gasteiger partial charge in [0, 0.05) is 24.0 Å². The molecule has 1 fully saturated rings. The lowest BCUT2D eigenvalue weighted by Gasteiger charge is -2.37. The molecule has 6 heteroatoms. The van der Waals surface area contributed by atoms with Gasteiger partial charge in [-0.25, -0.2) is 4.79 Å². The van der Waals surface area contributed by atoms with Gasteiger partial charge in [0.15, 0.2) is 0 Å². The number of hydrogen-bond acceptors (Lipinski definition) is 3. The molecule has 2 rings (SSSR count). The number of hydrogen-bond donors (Lipinski definition) is 1. The minimum atomic E-state index is -4.50. The van der Waals surface area contributed by atoms with E-state index in [-0.39, 0.29) is 12.8 Å². The molecule has 1 aliphatic heterocycles. The molecule has 1 saturated carbocycles. The average molecular weight is 236 g/mol. The summed E-state index contributed by atoms with van der Waals surface area (Å²) in [6.07, 6.45) is -4.89. The van der Waals surface area contributed by atoms with Crippen molar-refractivity contribution < 1.29 is 27.8 Å². The Hall–Kier alpha value is -1.04. The molecule has 1 heterocycles. The Morgan fingerprint density at radius 2 is 2.06 bits per heavy atom. The second kappa shape index (κ2) is 3.76. The summed E-state index contributed by atoms with van der Waals surface area (Å²) >= 11 is 0. The minimum absolute atomic E-state index is 0.0871. The van der Waals surface area contributed by atoms with Crippen LogP contribution in [0.2, 0.25) is 0 Å². The normalized spacial score (nSPS) is 35.1. The first kappa shape index (κ1) is 11.4. The molecule has 3 atom stereocenters. The maximum absolute atomic E-state index is 12.6. The molecule has 0 radical (unpaired) electrons. The van der Waals surface area contributed by atoms with Crippen LogP contribution in [0.1, 0.15) is 19.3 Å². The van der Waals surface area contributed by atoms with Crippen LogP contribution in [0.4, 0.5) is 13.2 Å². The first-order valence-corrected chi connectivity index (χ1v) is 5.05. The standard InChI is InChI=1S/C10H11F3O3/c11-10(12,13)7-4-9(15)16-8-3-5(14)1-2-6(7)8/h4-6,8,14H,1-3H2. The van der Waals surface area contributed by atoms with Crippen LogP contribution in [0.5, 0.6) is 0 Å². The van der Waals surface area contributed by atoms with Crippen molar-refractivity contribution in [2.24, 2.45) is 5.92 Å². The van der Waals surface area contributed by atoms with Crippen LogP contribution in [-0.4, -0.2) is 29.5 Å². The maximum Gasteiger partial charge on any atom is 0.413 e. The van der Waals surface area contributed by atoms with Gasteiger partial charge >= 0.3 is 12.1 Å². The summed E-state index contributed by atoms with van der Waals surface area (Å²) in [6.45, 7) is 0.